The molecule has 0 aliphatic carbocycles. The molecule has 7 nitrogen and oxygen atoms in total. The lowest BCUT2D eigenvalue weighted by atomic mass is 9.96. The smallest absolute Gasteiger partial charge is 0.375 e. The second-order valence-corrected chi connectivity index (χ2v) is 7.23. The summed E-state index contributed by atoms with van der Waals surface area (Å²) >= 11 is 0. The number of hydrogen-bond donors (Lipinski definition) is 1. The topological polar surface area (TPSA) is 92.0 Å². The minimum absolute atomic E-state index is 0.0989. The normalized spacial score (nSPS) is 13.8. The van der Waals surface area contributed by atoms with E-state index in [1.807, 2.05) is 0 Å². The molecule has 1 N–H and O–H groups in total. The van der Waals surface area contributed by atoms with Gasteiger partial charge in [-0.15, -0.1) is 5.10 Å². The fourth-order valence-corrected chi connectivity index (χ4v) is 3.50. The number of fused-ring (bicyclic) bond motifs is 1. The van der Waals surface area contributed by atoms with Crippen LogP contribution in [0.25, 0.3) is 16.8 Å². The van der Waals surface area contributed by atoms with Gasteiger partial charge >= 0.3 is 6.18 Å². The lowest BCUT2D eigenvalue weighted by Crippen LogP contribution is -2.42. The molecule has 1 unspecified atom stereocenters. The number of nitrogens with zero attached hydrogens (tertiary/aromatic N) is 6. The zero-order chi connectivity index (χ0) is 23.1. The molecule has 0 spiro atoms. The summed E-state index contributed by atoms with van der Waals surface area (Å²) in [5.74, 6) is -0.636. The Balaban J connectivity index is 1.67. The van der Waals surface area contributed by atoms with Crippen molar-refractivity contribution in [3.8, 4) is 17.3 Å². The summed E-state index contributed by atoms with van der Waals surface area (Å²) in [6, 6.07) is 9.93. The molecule has 4 aromatic rings. The Morgan fingerprint density at radius 2 is 1.97 bits per heavy atom. The van der Waals surface area contributed by atoms with Crippen LogP contribution in [0.1, 0.15) is 30.2 Å². The lowest BCUT2D eigenvalue weighted by Gasteiger charge is -2.26. The van der Waals surface area contributed by atoms with E-state index >= 15 is 0 Å². The van der Waals surface area contributed by atoms with Crippen LogP contribution in [0.5, 0.6) is 0 Å². The van der Waals surface area contributed by atoms with E-state index in [0.29, 0.717) is 27.9 Å². The minimum Gasteiger partial charge on any atom is -0.375 e. The molecule has 32 heavy (non-hydrogen) atoms. The quantitative estimate of drug-likeness (QED) is 0.373. The first-order valence-corrected chi connectivity index (χ1v) is 9.52. The molecule has 0 aliphatic rings. The highest BCUT2D eigenvalue weighted by molar-refractivity contribution is 5.74. The van der Waals surface area contributed by atoms with Crippen LogP contribution in [-0.4, -0.2) is 35.7 Å². The summed E-state index contributed by atoms with van der Waals surface area (Å²) in [5, 5.41) is 26.8. The number of aromatic nitrogens is 5. The lowest BCUT2D eigenvalue weighted by molar-refractivity contribution is -0.269. The molecule has 0 aromatic carbocycles. The molecule has 0 saturated carbocycles. The van der Waals surface area contributed by atoms with Crippen molar-refractivity contribution >= 4 is 5.52 Å². The fourth-order valence-electron chi connectivity index (χ4n) is 3.50. The molecule has 0 bridgehead atoms. The van der Waals surface area contributed by atoms with Crippen molar-refractivity contribution < 1.29 is 22.7 Å². The summed E-state index contributed by atoms with van der Waals surface area (Å²) in [5.41, 5.74) is -0.849. The van der Waals surface area contributed by atoms with Crippen LogP contribution in [0.3, 0.4) is 0 Å². The molecule has 0 radical (unpaired) electrons. The van der Waals surface area contributed by atoms with E-state index < -0.39 is 29.8 Å². The fraction of sp³-hybridized carbons (Fsp3) is 0.238. The third-order valence-electron chi connectivity index (χ3n) is 5.25. The van der Waals surface area contributed by atoms with Crippen molar-refractivity contribution in [3.63, 3.8) is 0 Å². The number of aliphatic hydroxyl groups is 1. The van der Waals surface area contributed by atoms with Crippen molar-refractivity contribution in [2.75, 3.05) is 0 Å². The first kappa shape index (κ1) is 21.5. The van der Waals surface area contributed by atoms with Gasteiger partial charge in [0.1, 0.15) is 11.8 Å². The first-order chi connectivity index (χ1) is 15.2. The Morgan fingerprint density at radius 3 is 2.59 bits per heavy atom. The number of alkyl halides is 3. The van der Waals surface area contributed by atoms with Gasteiger partial charge in [0.25, 0.3) is 0 Å². The van der Waals surface area contributed by atoms with Crippen LogP contribution < -0.4 is 0 Å². The van der Waals surface area contributed by atoms with Gasteiger partial charge in [0.05, 0.1) is 24.0 Å². The zero-order valence-electron chi connectivity index (χ0n) is 16.7. The number of halogens is 4. The summed E-state index contributed by atoms with van der Waals surface area (Å²) in [6.45, 7) is 1.32. The molecule has 1 atom stereocenters. The number of pyridine rings is 2. The molecular formula is C21H16F4N6O. The van der Waals surface area contributed by atoms with Crippen molar-refractivity contribution in [2.45, 2.75) is 31.7 Å². The Kier molecular flexibility index (Phi) is 5.18. The van der Waals surface area contributed by atoms with Crippen molar-refractivity contribution in [2.24, 2.45) is 0 Å². The van der Waals surface area contributed by atoms with E-state index in [2.05, 4.69) is 21.4 Å². The van der Waals surface area contributed by atoms with Gasteiger partial charge in [-0.2, -0.15) is 22.8 Å². The highest BCUT2D eigenvalue weighted by Gasteiger charge is 2.55. The number of hydrogen-bond acceptors (Lipinski definition) is 5. The predicted molar refractivity (Wildman–Crippen MR) is 105 cm³/mol. The monoisotopic (exact) mass is 444 g/mol. The summed E-state index contributed by atoms with van der Waals surface area (Å²) in [7, 11) is 0. The Bertz CT molecular complexity index is 1320. The Labute approximate surface area is 179 Å². The van der Waals surface area contributed by atoms with Gasteiger partial charge in [-0.25, -0.2) is 9.67 Å². The molecular weight excluding hydrogens is 428 g/mol. The van der Waals surface area contributed by atoms with E-state index in [4.69, 9.17) is 0 Å². The van der Waals surface area contributed by atoms with Crippen molar-refractivity contribution in [3.05, 3.63) is 71.7 Å². The Hall–Kier alpha value is -3.78. The van der Waals surface area contributed by atoms with E-state index in [9.17, 15) is 27.9 Å². The van der Waals surface area contributed by atoms with Crippen molar-refractivity contribution in [1.29, 1.82) is 5.26 Å². The Morgan fingerprint density at radius 1 is 1.19 bits per heavy atom. The second-order valence-electron chi connectivity index (χ2n) is 7.23. The summed E-state index contributed by atoms with van der Waals surface area (Å²) in [4.78, 5) is 3.63. The maximum atomic E-state index is 13.3. The van der Waals surface area contributed by atoms with Gasteiger partial charge in [0.15, 0.2) is 0 Å². The molecule has 0 fully saturated rings. The largest absolute Gasteiger partial charge is 0.423 e. The van der Waals surface area contributed by atoms with E-state index in [1.54, 1.807) is 28.8 Å². The van der Waals surface area contributed by atoms with Crippen LogP contribution in [0.15, 0.2) is 48.9 Å². The third kappa shape index (κ3) is 3.58. The highest BCUT2D eigenvalue weighted by Crippen LogP contribution is 2.40. The summed E-state index contributed by atoms with van der Waals surface area (Å²) in [6.07, 6.45) is -1.38. The van der Waals surface area contributed by atoms with Gasteiger partial charge in [-0.05, 0) is 42.3 Å². The van der Waals surface area contributed by atoms with Crippen molar-refractivity contribution in [1.82, 2.24) is 24.4 Å². The van der Waals surface area contributed by atoms with Gasteiger partial charge in [0, 0.05) is 23.5 Å². The van der Waals surface area contributed by atoms with E-state index in [1.165, 1.54) is 29.9 Å². The number of nitriles is 1. The minimum atomic E-state index is -4.88. The standard InChI is InChI=1S/C21H16F4N6O/c1-2-20(32,21(23,24)25)17-12-30(29-28-17)11-13-5-6-31-16(7-13)8-15(9-26)19(31)14-3-4-18(22)27-10-14/h3-8,10,12,32H,2,11H2,1H3. The molecule has 11 heteroatoms. The third-order valence-corrected chi connectivity index (χ3v) is 5.25. The number of rotatable bonds is 5. The molecule has 4 aromatic heterocycles. The van der Waals surface area contributed by atoms with Crippen LogP contribution in [0.2, 0.25) is 0 Å². The SMILES string of the molecule is CCC(O)(c1cn(Cc2ccn3c(-c4ccc(F)nc4)c(C#N)cc3c2)nn1)C(F)(F)F. The van der Waals surface area contributed by atoms with Gasteiger partial charge in [0.2, 0.25) is 11.5 Å². The maximum absolute atomic E-state index is 13.3. The van der Waals surface area contributed by atoms with E-state index in [-0.39, 0.29) is 6.54 Å². The summed E-state index contributed by atoms with van der Waals surface area (Å²) < 4.78 is 55.9. The molecule has 0 saturated heterocycles. The zero-order valence-corrected chi connectivity index (χ0v) is 16.7. The van der Waals surface area contributed by atoms with Crippen LogP contribution in [0, 0.1) is 17.3 Å². The molecule has 4 heterocycles. The van der Waals surface area contributed by atoms with Crippen LogP contribution >= 0.6 is 0 Å². The first-order valence-electron chi connectivity index (χ1n) is 9.52. The van der Waals surface area contributed by atoms with Crippen LogP contribution in [-0.2, 0) is 12.1 Å². The van der Waals surface area contributed by atoms with E-state index in [0.717, 1.165) is 6.20 Å². The second kappa shape index (κ2) is 7.72. The van der Waals surface area contributed by atoms with Gasteiger partial charge in [-0.3, -0.25) is 0 Å². The van der Waals surface area contributed by atoms with Gasteiger partial charge < -0.3 is 9.51 Å². The molecule has 4 rings (SSSR count). The highest BCUT2D eigenvalue weighted by atomic mass is 19.4. The molecule has 0 aliphatic heterocycles. The molecule has 0 amide bonds. The average molecular weight is 444 g/mol. The maximum Gasteiger partial charge on any atom is 0.423 e. The molecule has 164 valence electrons. The average Bonchev–Trinajstić information content (AvgIpc) is 3.37. The predicted octanol–water partition coefficient (Wildman–Crippen LogP) is 3.81. The van der Waals surface area contributed by atoms with Crippen LogP contribution in [0.4, 0.5) is 17.6 Å². The van der Waals surface area contributed by atoms with Gasteiger partial charge in [-0.1, -0.05) is 12.1 Å².